The first-order valence-electron chi connectivity index (χ1n) is 5.79. The van der Waals surface area contributed by atoms with E-state index >= 15 is 0 Å². The fourth-order valence-electron chi connectivity index (χ4n) is 1.75. The molecule has 0 amide bonds. The lowest BCUT2D eigenvalue weighted by Crippen LogP contribution is -2.25. The predicted molar refractivity (Wildman–Crippen MR) is 71.2 cm³/mol. The lowest BCUT2D eigenvalue weighted by atomic mass is 10.0. The Morgan fingerprint density at radius 3 is 2.32 bits per heavy atom. The maximum atomic E-state index is 12.2. The van der Waals surface area contributed by atoms with Crippen LogP contribution < -0.4 is 11.1 Å². The maximum absolute atomic E-state index is 12.2. The number of nitrogens with one attached hydrogen (secondary N) is 1. The van der Waals surface area contributed by atoms with Gasteiger partial charge in [-0.2, -0.15) is 18.3 Å². The van der Waals surface area contributed by atoms with Gasteiger partial charge in [-0.25, -0.2) is 0 Å². The molecule has 1 heterocycles. The largest absolute Gasteiger partial charge is 0.405 e. The number of hydrogen-bond acceptors (Lipinski definition) is 4. The molecule has 19 heavy (non-hydrogen) atoms. The molecule has 1 aromatic heterocycles. The summed E-state index contributed by atoms with van der Waals surface area (Å²) in [5.74, 6) is -0.0149. The third-order valence-corrected chi connectivity index (χ3v) is 2.75. The van der Waals surface area contributed by atoms with Gasteiger partial charge >= 0.3 is 6.18 Å². The average Bonchev–Trinajstić information content (AvgIpc) is 2.33. The summed E-state index contributed by atoms with van der Waals surface area (Å²) in [4.78, 5) is 0.0196. The van der Waals surface area contributed by atoms with Crippen LogP contribution in [-0.4, -0.2) is 27.9 Å². The van der Waals surface area contributed by atoms with Gasteiger partial charge in [0.05, 0.1) is 11.3 Å². The molecule has 0 aliphatic heterocycles. The summed E-state index contributed by atoms with van der Waals surface area (Å²) in [7, 11) is 0. The Morgan fingerprint density at radius 2 is 1.89 bits per heavy atom. The topological polar surface area (TPSA) is 63.8 Å². The number of aryl methyl sites for hydroxylation is 1. The second-order valence-electron chi connectivity index (χ2n) is 3.89. The number of hydrogen-bond donors (Lipinski definition) is 2. The van der Waals surface area contributed by atoms with E-state index in [0.29, 0.717) is 24.1 Å². The highest BCUT2D eigenvalue weighted by Crippen LogP contribution is 2.22. The Kier molecular flexibility index (Phi) is 5.04. The van der Waals surface area contributed by atoms with Gasteiger partial charge in [0.15, 0.2) is 5.82 Å². The molecule has 0 spiro atoms. The van der Waals surface area contributed by atoms with Crippen molar-refractivity contribution in [3.63, 3.8) is 0 Å². The molecule has 0 saturated carbocycles. The molecule has 0 radical (unpaired) electrons. The van der Waals surface area contributed by atoms with Gasteiger partial charge in [0, 0.05) is 0 Å². The Bertz CT molecular complexity index is 474. The highest BCUT2D eigenvalue weighted by Gasteiger charge is 2.28. The van der Waals surface area contributed by atoms with E-state index in [1.807, 2.05) is 13.8 Å². The first-order valence-corrected chi connectivity index (χ1v) is 6.19. The van der Waals surface area contributed by atoms with Gasteiger partial charge in [0.25, 0.3) is 0 Å². The van der Waals surface area contributed by atoms with E-state index in [1.54, 1.807) is 0 Å². The van der Waals surface area contributed by atoms with Crippen LogP contribution in [0.5, 0.6) is 0 Å². The summed E-state index contributed by atoms with van der Waals surface area (Å²) >= 11 is 4.91. The lowest BCUT2D eigenvalue weighted by molar-refractivity contribution is -0.115. The van der Waals surface area contributed by atoms with Crippen molar-refractivity contribution in [2.75, 3.05) is 11.9 Å². The molecule has 0 aromatic carbocycles. The minimum absolute atomic E-state index is 0.0149. The van der Waals surface area contributed by atoms with Gasteiger partial charge in [-0.3, -0.25) is 0 Å². The molecule has 0 saturated heterocycles. The van der Waals surface area contributed by atoms with E-state index in [2.05, 4.69) is 15.5 Å². The number of aromatic nitrogens is 2. The minimum atomic E-state index is -4.34. The highest BCUT2D eigenvalue weighted by molar-refractivity contribution is 7.80. The molecule has 4 nitrogen and oxygen atoms in total. The molecule has 8 heteroatoms. The van der Waals surface area contributed by atoms with Crippen molar-refractivity contribution >= 4 is 23.0 Å². The highest BCUT2D eigenvalue weighted by atomic mass is 32.1. The van der Waals surface area contributed by atoms with Crippen molar-refractivity contribution < 1.29 is 13.2 Å². The maximum Gasteiger partial charge on any atom is 0.405 e. The van der Waals surface area contributed by atoms with Crippen LogP contribution in [0.3, 0.4) is 0 Å². The normalized spacial score (nSPS) is 11.4. The predicted octanol–water partition coefficient (Wildman–Crippen LogP) is 2.21. The Labute approximate surface area is 114 Å². The third-order valence-electron chi connectivity index (χ3n) is 2.55. The smallest absolute Gasteiger partial charge is 0.389 e. The van der Waals surface area contributed by atoms with E-state index in [0.717, 1.165) is 5.56 Å². The molecule has 0 aliphatic carbocycles. The van der Waals surface area contributed by atoms with Gasteiger partial charge in [-0.05, 0) is 18.4 Å². The van der Waals surface area contributed by atoms with E-state index in [4.69, 9.17) is 18.0 Å². The van der Waals surface area contributed by atoms with Gasteiger partial charge in [-0.1, -0.05) is 26.1 Å². The van der Waals surface area contributed by atoms with Crippen molar-refractivity contribution in [3.05, 3.63) is 16.8 Å². The monoisotopic (exact) mass is 292 g/mol. The van der Waals surface area contributed by atoms with Crippen molar-refractivity contribution in [1.29, 1.82) is 0 Å². The zero-order chi connectivity index (χ0) is 14.6. The Morgan fingerprint density at radius 1 is 1.26 bits per heavy atom. The number of alkyl halides is 3. The molecular formula is C11H15F3N4S. The van der Waals surface area contributed by atoms with Crippen LogP contribution in [0.4, 0.5) is 19.0 Å². The molecule has 0 aliphatic rings. The zero-order valence-electron chi connectivity index (χ0n) is 10.6. The van der Waals surface area contributed by atoms with Crippen LogP contribution in [0.2, 0.25) is 0 Å². The van der Waals surface area contributed by atoms with Crippen LogP contribution >= 0.6 is 12.2 Å². The summed E-state index contributed by atoms with van der Waals surface area (Å²) < 4.78 is 36.7. The fourth-order valence-corrected chi connectivity index (χ4v) is 1.97. The summed E-state index contributed by atoms with van der Waals surface area (Å²) in [6.07, 6.45) is -3.15. The summed E-state index contributed by atoms with van der Waals surface area (Å²) in [6.45, 7) is 2.55. The van der Waals surface area contributed by atoms with E-state index in [-0.39, 0.29) is 10.8 Å². The first-order chi connectivity index (χ1) is 8.80. The van der Waals surface area contributed by atoms with Crippen molar-refractivity contribution in [3.8, 4) is 0 Å². The second kappa shape index (κ2) is 6.14. The van der Waals surface area contributed by atoms with E-state index in [1.165, 1.54) is 0 Å². The van der Waals surface area contributed by atoms with Crippen molar-refractivity contribution in [1.82, 2.24) is 10.2 Å². The van der Waals surface area contributed by atoms with Gasteiger partial charge in [-0.15, -0.1) is 5.10 Å². The molecule has 106 valence electrons. The van der Waals surface area contributed by atoms with Crippen LogP contribution in [0.15, 0.2) is 0 Å². The third kappa shape index (κ3) is 4.02. The average molecular weight is 292 g/mol. The molecule has 1 rings (SSSR count). The lowest BCUT2D eigenvalue weighted by Gasteiger charge is -2.16. The number of halogens is 3. The number of nitrogens with zero attached hydrogens (tertiary/aromatic N) is 2. The quantitative estimate of drug-likeness (QED) is 0.815. The molecule has 0 atom stereocenters. The summed E-state index contributed by atoms with van der Waals surface area (Å²) in [5, 5.41) is 9.86. The van der Waals surface area contributed by atoms with Gasteiger partial charge < -0.3 is 11.1 Å². The molecule has 0 unspecified atom stereocenters. The number of thiocarbonyl (C=S) groups is 1. The molecule has 0 bridgehead atoms. The molecular weight excluding hydrogens is 277 g/mol. The van der Waals surface area contributed by atoms with Crippen molar-refractivity contribution in [2.45, 2.75) is 32.9 Å². The van der Waals surface area contributed by atoms with E-state index < -0.39 is 12.7 Å². The van der Waals surface area contributed by atoms with Crippen molar-refractivity contribution in [2.24, 2.45) is 5.73 Å². The van der Waals surface area contributed by atoms with Gasteiger partial charge in [0.1, 0.15) is 11.5 Å². The van der Waals surface area contributed by atoms with Crippen LogP contribution in [0.25, 0.3) is 0 Å². The Hall–Kier alpha value is -1.44. The Balaban J connectivity index is 3.21. The fraction of sp³-hybridized carbons (Fsp3) is 0.545. The SMILES string of the molecule is CCc1nnc(NCC(F)(F)F)c(C(N)=S)c1CC. The molecule has 3 N–H and O–H groups in total. The van der Waals surface area contributed by atoms with Gasteiger partial charge in [0.2, 0.25) is 0 Å². The number of anilines is 1. The summed E-state index contributed by atoms with van der Waals surface area (Å²) in [6, 6.07) is 0. The summed E-state index contributed by atoms with van der Waals surface area (Å²) in [5.41, 5.74) is 7.39. The van der Waals surface area contributed by atoms with Crippen LogP contribution in [0.1, 0.15) is 30.7 Å². The standard InChI is InChI=1S/C11H15F3N4S/c1-3-6-7(4-2)17-18-10(8(6)9(15)19)16-5-11(12,13)14/h3-5H2,1-2H3,(H2,15,19)(H,16,18). The first kappa shape index (κ1) is 15.6. The molecule has 0 fully saturated rings. The molecule has 1 aromatic rings. The zero-order valence-corrected chi connectivity index (χ0v) is 11.5. The van der Waals surface area contributed by atoms with Crippen LogP contribution in [0, 0.1) is 0 Å². The minimum Gasteiger partial charge on any atom is -0.389 e. The number of nitrogens with two attached hydrogens (primary N) is 1. The second-order valence-corrected chi connectivity index (χ2v) is 4.33. The van der Waals surface area contributed by atoms with Crippen LogP contribution in [-0.2, 0) is 12.8 Å². The van der Waals surface area contributed by atoms with E-state index in [9.17, 15) is 13.2 Å². The number of rotatable bonds is 5.